The number of nitrogens with one attached hydrogen (secondary N) is 1. The lowest BCUT2D eigenvalue weighted by Gasteiger charge is -2.24. The summed E-state index contributed by atoms with van der Waals surface area (Å²) in [5.74, 6) is 0. The van der Waals surface area contributed by atoms with E-state index < -0.39 is 5.60 Å². The third-order valence-electron chi connectivity index (χ3n) is 4.48. The van der Waals surface area contributed by atoms with Crippen LogP contribution in [0, 0.1) is 0 Å². The molecule has 0 fully saturated rings. The molecule has 1 atom stereocenters. The molecule has 1 unspecified atom stereocenters. The number of nitrogens with zero attached hydrogens (tertiary/aromatic N) is 2. The molecule has 140 valence electrons. The fourth-order valence-corrected chi connectivity index (χ4v) is 3.05. The van der Waals surface area contributed by atoms with Crippen molar-refractivity contribution in [3.05, 3.63) is 93.4 Å². The first-order valence-electron chi connectivity index (χ1n) is 8.79. The van der Waals surface area contributed by atoms with Gasteiger partial charge in [0.05, 0.1) is 24.0 Å². The quantitative estimate of drug-likeness (QED) is 0.653. The molecule has 0 saturated carbocycles. The molecule has 3 rings (SSSR count). The van der Waals surface area contributed by atoms with E-state index in [0.29, 0.717) is 25.2 Å². The average molecular weight is 384 g/mol. The molecule has 5 nitrogen and oxygen atoms in total. The predicted molar refractivity (Wildman–Crippen MR) is 108 cm³/mol. The second-order valence-electron chi connectivity index (χ2n) is 6.64. The summed E-state index contributed by atoms with van der Waals surface area (Å²) in [6.45, 7) is 2.58. The fourth-order valence-electron chi connectivity index (χ4n) is 2.84. The van der Waals surface area contributed by atoms with E-state index in [-0.39, 0.29) is 10.6 Å². The van der Waals surface area contributed by atoms with Crippen LogP contribution >= 0.6 is 11.6 Å². The van der Waals surface area contributed by atoms with Gasteiger partial charge in [-0.2, -0.15) is 5.10 Å². The van der Waals surface area contributed by atoms with E-state index in [1.807, 2.05) is 60.7 Å². The molecule has 27 heavy (non-hydrogen) atoms. The summed E-state index contributed by atoms with van der Waals surface area (Å²) in [7, 11) is 0. The first kappa shape index (κ1) is 19.1. The third-order valence-corrected chi connectivity index (χ3v) is 4.85. The summed E-state index contributed by atoms with van der Waals surface area (Å²) in [6.07, 6.45) is 2.00. The van der Waals surface area contributed by atoms with Gasteiger partial charge >= 0.3 is 0 Å². The Kier molecular flexibility index (Phi) is 5.94. The summed E-state index contributed by atoms with van der Waals surface area (Å²) in [6, 6.07) is 19.1. The van der Waals surface area contributed by atoms with Crippen LogP contribution in [0.15, 0.2) is 71.7 Å². The third kappa shape index (κ3) is 4.76. The van der Waals surface area contributed by atoms with Crippen molar-refractivity contribution in [1.29, 1.82) is 0 Å². The van der Waals surface area contributed by atoms with Gasteiger partial charge in [-0.3, -0.25) is 4.79 Å². The molecule has 0 spiro atoms. The highest BCUT2D eigenvalue weighted by Crippen LogP contribution is 2.24. The van der Waals surface area contributed by atoms with E-state index in [0.717, 1.165) is 11.1 Å². The smallest absolute Gasteiger partial charge is 0.287 e. The number of hydrogen-bond acceptors (Lipinski definition) is 4. The van der Waals surface area contributed by atoms with E-state index in [1.54, 1.807) is 13.1 Å². The number of aliphatic hydroxyl groups is 1. The van der Waals surface area contributed by atoms with Crippen LogP contribution in [0.5, 0.6) is 0 Å². The topological polar surface area (TPSA) is 67.2 Å². The highest BCUT2D eigenvalue weighted by molar-refractivity contribution is 6.32. The molecule has 0 radical (unpaired) electrons. The maximum absolute atomic E-state index is 12.5. The lowest BCUT2D eigenvalue weighted by atomic mass is 9.93. The van der Waals surface area contributed by atoms with Gasteiger partial charge in [-0.25, -0.2) is 4.68 Å². The highest BCUT2D eigenvalue weighted by atomic mass is 35.5. The summed E-state index contributed by atoms with van der Waals surface area (Å²) < 4.78 is 1.34. The Hall–Kier alpha value is -2.63. The number of aromatic nitrogens is 2. The van der Waals surface area contributed by atoms with Crippen LogP contribution in [0.4, 0.5) is 5.69 Å². The van der Waals surface area contributed by atoms with Crippen LogP contribution in [-0.4, -0.2) is 21.4 Å². The van der Waals surface area contributed by atoms with Gasteiger partial charge in [-0.15, -0.1) is 0 Å². The molecule has 1 heterocycles. The second kappa shape index (κ2) is 8.37. The average Bonchev–Trinajstić information content (AvgIpc) is 2.69. The molecule has 0 amide bonds. The molecule has 0 aliphatic carbocycles. The zero-order valence-electron chi connectivity index (χ0n) is 15.1. The Bertz CT molecular complexity index is 941. The predicted octanol–water partition coefficient (Wildman–Crippen LogP) is 3.65. The van der Waals surface area contributed by atoms with Gasteiger partial charge in [0.2, 0.25) is 0 Å². The van der Waals surface area contributed by atoms with Crippen molar-refractivity contribution in [2.24, 2.45) is 0 Å². The molecule has 0 aliphatic heterocycles. The van der Waals surface area contributed by atoms with Gasteiger partial charge in [-0.05, 0) is 24.5 Å². The van der Waals surface area contributed by atoms with Crippen molar-refractivity contribution >= 4 is 17.3 Å². The molecule has 2 N–H and O–H groups in total. The van der Waals surface area contributed by atoms with Crippen molar-refractivity contribution < 1.29 is 5.11 Å². The zero-order valence-corrected chi connectivity index (χ0v) is 15.9. The van der Waals surface area contributed by atoms with Crippen molar-refractivity contribution in [2.45, 2.75) is 25.5 Å². The lowest BCUT2D eigenvalue weighted by Crippen LogP contribution is -2.27. The molecule has 6 heteroatoms. The van der Waals surface area contributed by atoms with Crippen LogP contribution in [-0.2, 0) is 12.1 Å². The van der Waals surface area contributed by atoms with Gasteiger partial charge in [0.1, 0.15) is 5.02 Å². The second-order valence-corrected chi connectivity index (χ2v) is 7.02. The normalized spacial score (nSPS) is 13.1. The molecular formula is C21H22ClN3O2. The van der Waals surface area contributed by atoms with Gasteiger partial charge < -0.3 is 10.4 Å². The number of hydrogen-bond donors (Lipinski definition) is 2. The van der Waals surface area contributed by atoms with Crippen LogP contribution in [0.1, 0.15) is 24.5 Å². The number of halogens is 1. The lowest BCUT2D eigenvalue weighted by molar-refractivity contribution is 0.0515. The molecule has 2 aromatic carbocycles. The SMILES string of the molecule is CC(O)(CCNc1cnn(Cc2ccccc2)c(=O)c1Cl)c1ccccc1. The minimum atomic E-state index is -0.976. The molecule has 3 aromatic rings. The van der Waals surface area contributed by atoms with Crippen LogP contribution < -0.4 is 10.9 Å². The van der Waals surface area contributed by atoms with Crippen molar-refractivity contribution in [3.8, 4) is 0 Å². The van der Waals surface area contributed by atoms with E-state index >= 15 is 0 Å². The Morgan fingerprint density at radius 3 is 2.41 bits per heavy atom. The van der Waals surface area contributed by atoms with Gasteiger partial charge in [-0.1, -0.05) is 72.3 Å². The van der Waals surface area contributed by atoms with E-state index in [4.69, 9.17) is 11.6 Å². The van der Waals surface area contributed by atoms with Crippen molar-refractivity contribution in [3.63, 3.8) is 0 Å². The van der Waals surface area contributed by atoms with Gasteiger partial charge in [0, 0.05) is 6.54 Å². The maximum Gasteiger partial charge on any atom is 0.287 e. The van der Waals surface area contributed by atoms with Gasteiger partial charge in [0.25, 0.3) is 5.56 Å². The summed E-state index contributed by atoms with van der Waals surface area (Å²) >= 11 is 6.23. The van der Waals surface area contributed by atoms with E-state index in [2.05, 4.69) is 10.4 Å². The molecule has 0 bridgehead atoms. The van der Waals surface area contributed by atoms with Crippen molar-refractivity contribution in [1.82, 2.24) is 9.78 Å². The minimum Gasteiger partial charge on any atom is -0.385 e. The Labute approximate surface area is 163 Å². The summed E-state index contributed by atoms with van der Waals surface area (Å²) in [5, 5.41) is 18.0. The minimum absolute atomic E-state index is 0.0975. The van der Waals surface area contributed by atoms with Crippen LogP contribution in [0.2, 0.25) is 5.02 Å². The first-order valence-corrected chi connectivity index (χ1v) is 9.16. The number of rotatable bonds is 7. The highest BCUT2D eigenvalue weighted by Gasteiger charge is 2.22. The van der Waals surface area contributed by atoms with E-state index in [1.165, 1.54) is 4.68 Å². The van der Waals surface area contributed by atoms with Crippen LogP contribution in [0.3, 0.4) is 0 Å². The van der Waals surface area contributed by atoms with Crippen molar-refractivity contribution in [2.75, 3.05) is 11.9 Å². The zero-order chi connectivity index (χ0) is 19.3. The summed E-state index contributed by atoms with van der Waals surface area (Å²) in [5.41, 5.74) is 0.962. The van der Waals surface area contributed by atoms with Gasteiger partial charge in [0.15, 0.2) is 0 Å². The Morgan fingerprint density at radius 2 is 1.74 bits per heavy atom. The van der Waals surface area contributed by atoms with E-state index in [9.17, 15) is 9.90 Å². The van der Waals surface area contributed by atoms with Crippen LogP contribution in [0.25, 0.3) is 0 Å². The molecular weight excluding hydrogens is 362 g/mol. The standard InChI is InChI=1S/C21H22ClN3O2/c1-21(27,17-10-6-3-7-11-17)12-13-23-18-14-24-25(20(26)19(18)22)15-16-8-4-2-5-9-16/h2-11,14,23,27H,12-13,15H2,1H3. The first-order chi connectivity index (χ1) is 13.0. The fraction of sp³-hybridized carbons (Fsp3) is 0.238. The molecule has 0 aliphatic rings. The Balaban J connectivity index is 1.66. The Morgan fingerprint density at radius 1 is 1.11 bits per heavy atom. The monoisotopic (exact) mass is 383 g/mol. The molecule has 1 aromatic heterocycles. The largest absolute Gasteiger partial charge is 0.385 e. The summed E-state index contributed by atoms with van der Waals surface area (Å²) in [4.78, 5) is 12.5. The number of anilines is 1. The maximum atomic E-state index is 12.5. The molecule has 0 saturated heterocycles. The number of benzene rings is 2.